The van der Waals surface area contributed by atoms with Gasteiger partial charge in [0.25, 0.3) is 0 Å². The highest BCUT2D eigenvalue weighted by atomic mass is 32.2. The van der Waals surface area contributed by atoms with Crippen LogP contribution < -0.4 is 14.6 Å². The van der Waals surface area contributed by atoms with E-state index in [9.17, 15) is 9.59 Å². The van der Waals surface area contributed by atoms with Gasteiger partial charge in [-0.1, -0.05) is 30.0 Å². The maximum Gasteiger partial charge on any atom is 0.365 e. The van der Waals surface area contributed by atoms with Crippen molar-refractivity contribution in [3.8, 4) is 5.75 Å². The van der Waals surface area contributed by atoms with Crippen molar-refractivity contribution < 1.29 is 23.8 Å². The smallest absolute Gasteiger partial charge is 0.365 e. The number of carbonyl (C=O) groups is 2. The maximum absolute atomic E-state index is 12.6. The van der Waals surface area contributed by atoms with Gasteiger partial charge in [0.2, 0.25) is 9.37 Å². The first-order valence-corrected chi connectivity index (χ1v) is 11.2. The first-order chi connectivity index (χ1) is 15.4. The predicted octanol–water partition coefficient (Wildman–Crippen LogP) is 4.00. The second kappa shape index (κ2) is 8.79. The molecular weight excluding hydrogens is 450 g/mol. The van der Waals surface area contributed by atoms with Gasteiger partial charge < -0.3 is 19.1 Å². The Kier molecular flexibility index (Phi) is 6.07. The van der Waals surface area contributed by atoms with Crippen molar-refractivity contribution >= 4 is 51.9 Å². The molecule has 2 aromatic carbocycles. The summed E-state index contributed by atoms with van der Waals surface area (Å²) in [6, 6.07) is 16.9. The van der Waals surface area contributed by atoms with Crippen LogP contribution in [0.5, 0.6) is 5.75 Å². The van der Waals surface area contributed by atoms with Crippen LogP contribution in [-0.2, 0) is 19.1 Å². The molecule has 0 aromatic heterocycles. The highest BCUT2D eigenvalue weighted by Gasteiger charge is 2.58. The molecule has 0 amide bonds. The minimum absolute atomic E-state index is 0.177. The number of allylic oxidation sites excluding steroid dienone is 1. The second-order valence-electron chi connectivity index (χ2n) is 6.74. The molecule has 0 saturated carbocycles. The molecule has 2 aromatic rings. The third-order valence-electron chi connectivity index (χ3n) is 4.93. The van der Waals surface area contributed by atoms with E-state index in [-0.39, 0.29) is 5.04 Å². The third kappa shape index (κ3) is 3.59. The van der Waals surface area contributed by atoms with Crippen LogP contribution in [0.2, 0.25) is 0 Å². The number of rotatable bonds is 5. The second-order valence-corrected chi connectivity index (χ2v) is 9.34. The van der Waals surface area contributed by atoms with Crippen LogP contribution >= 0.6 is 23.5 Å². The molecule has 0 radical (unpaired) electrons. The van der Waals surface area contributed by atoms with Crippen LogP contribution in [0.15, 0.2) is 70.3 Å². The highest BCUT2D eigenvalue weighted by Crippen LogP contribution is 2.60. The van der Waals surface area contributed by atoms with Gasteiger partial charge >= 0.3 is 11.9 Å². The Morgan fingerprint density at radius 3 is 2.12 bits per heavy atom. The number of anilines is 2. The van der Waals surface area contributed by atoms with Gasteiger partial charge in [0.05, 0.1) is 27.0 Å². The Bertz CT molecular complexity index is 1100. The number of carbonyl (C=O) groups excluding carboxylic acids is 2. The van der Waals surface area contributed by atoms with Crippen molar-refractivity contribution in [3.63, 3.8) is 0 Å². The van der Waals surface area contributed by atoms with Crippen LogP contribution in [-0.4, -0.2) is 42.6 Å². The van der Waals surface area contributed by atoms with Crippen molar-refractivity contribution in [2.75, 3.05) is 31.2 Å². The van der Waals surface area contributed by atoms with E-state index < -0.39 is 16.3 Å². The molecule has 2 aliphatic rings. The molecule has 0 aliphatic carbocycles. The van der Waals surface area contributed by atoms with Gasteiger partial charge in [-0.3, -0.25) is 0 Å². The number of thioether (sulfide) groups is 2. The average Bonchev–Trinajstić information content (AvgIpc) is 3.36. The van der Waals surface area contributed by atoms with E-state index in [2.05, 4.69) is 5.10 Å². The Labute approximate surface area is 194 Å². The summed E-state index contributed by atoms with van der Waals surface area (Å²) < 4.78 is 14.2. The lowest BCUT2D eigenvalue weighted by Crippen LogP contribution is -2.49. The maximum atomic E-state index is 12.6. The van der Waals surface area contributed by atoms with Crippen LogP contribution in [0.3, 0.4) is 0 Å². The number of esters is 2. The first kappa shape index (κ1) is 22.1. The SMILES string of the molecule is COC(=O)C1=NN(c2ccc(OC)cc2)C2(S1)SC(C(=O)OC)=C(C)N2c1ccccc1. The normalized spacial score (nSPS) is 19.9. The van der Waals surface area contributed by atoms with Gasteiger partial charge in [0.1, 0.15) is 10.7 Å². The van der Waals surface area contributed by atoms with Crippen molar-refractivity contribution in [1.82, 2.24) is 0 Å². The number of benzene rings is 2. The van der Waals surface area contributed by atoms with Crippen LogP contribution in [0, 0.1) is 0 Å². The minimum atomic E-state index is -1.02. The van der Waals surface area contributed by atoms with Crippen molar-refractivity contribution in [1.29, 1.82) is 0 Å². The summed E-state index contributed by atoms with van der Waals surface area (Å²) in [6.45, 7) is 1.85. The molecule has 8 nitrogen and oxygen atoms in total. The Hall–Kier alpha value is -3.11. The number of methoxy groups -OCH3 is 3. The monoisotopic (exact) mass is 471 g/mol. The van der Waals surface area contributed by atoms with Crippen molar-refractivity contribution in [2.45, 2.75) is 11.3 Å². The van der Waals surface area contributed by atoms with Crippen LogP contribution in [0.4, 0.5) is 11.4 Å². The molecule has 1 unspecified atom stereocenters. The topological polar surface area (TPSA) is 80.7 Å². The molecule has 4 rings (SSSR count). The van der Waals surface area contributed by atoms with E-state index in [0.717, 1.165) is 5.69 Å². The molecule has 2 aliphatic heterocycles. The molecule has 2 heterocycles. The summed E-state index contributed by atoms with van der Waals surface area (Å²) in [4.78, 5) is 27.5. The Morgan fingerprint density at radius 1 is 0.875 bits per heavy atom. The average molecular weight is 472 g/mol. The van der Waals surface area contributed by atoms with Gasteiger partial charge in [-0.25, -0.2) is 14.6 Å². The molecule has 0 N–H and O–H groups in total. The van der Waals surface area contributed by atoms with E-state index in [1.54, 1.807) is 12.1 Å². The zero-order valence-electron chi connectivity index (χ0n) is 17.9. The van der Waals surface area contributed by atoms with Crippen LogP contribution in [0.25, 0.3) is 0 Å². The Balaban J connectivity index is 1.89. The number of para-hydroxylation sites is 1. The van der Waals surface area contributed by atoms with Gasteiger partial charge in [0.15, 0.2) is 0 Å². The minimum Gasteiger partial charge on any atom is -0.497 e. The largest absolute Gasteiger partial charge is 0.497 e. The number of ether oxygens (including phenoxy) is 3. The highest BCUT2D eigenvalue weighted by molar-refractivity contribution is 8.29. The molecule has 0 fully saturated rings. The number of nitrogens with zero attached hydrogens (tertiary/aromatic N) is 3. The summed E-state index contributed by atoms with van der Waals surface area (Å²) in [5, 5.41) is 6.51. The quantitative estimate of drug-likeness (QED) is 0.601. The molecule has 1 atom stereocenters. The molecule has 0 saturated heterocycles. The fourth-order valence-corrected chi connectivity index (χ4v) is 6.44. The third-order valence-corrected chi connectivity index (χ3v) is 7.78. The van der Waals surface area contributed by atoms with Crippen molar-refractivity contribution in [2.24, 2.45) is 5.10 Å². The molecule has 166 valence electrons. The fourth-order valence-electron chi connectivity index (χ4n) is 3.44. The zero-order valence-corrected chi connectivity index (χ0v) is 19.5. The van der Waals surface area contributed by atoms with Gasteiger partial charge in [0, 0.05) is 11.4 Å². The Morgan fingerprint density at radius 2 is 1.53 bits per heavy atom. The molecule has 1 spiro atoms. The lowest BCUT2D eigenvalue weighted by molar-refractivity contribution is -0.135. The summed E-state index contributed by atoms with van der Waals surface area (Å²) in [5.74, 6) is -0.314. The van der Waals surface area contributed by atoms with E-state index in [4.69, 9.17) is 14.2 Å². The van der Waals surface area contributed by atoms with Gasteiger partial charge in [-0.05, 0) is 55.1 Å². The summed E-state index contributed by atoms with van der Waals surface area (Å²) in [5.41, 5.74) is 2.24. The van der Waals surface area contributed by atoms with E-state index in [0.29, 0.717) is 22.0 Å². The summed E-state index contributed by atoms with van der Waals surface area (Å²) in [6.07, 6.45) is 0. The fraction of sp³-hybridized carbons (Fsp3) is 0.227. The number of hydrogen-bond donors (Lipinski definition) is 0. The summed E-state index contributed by atoms with van der Waals surface area (Å²) in [7, 11) is 4.25. The number of hydrazone groups is 1. The molecule has 32 heavy (non-hydrogen) atoms. The van der Waals surface area contributed by atoms with E-state index in [1.807, 2.05) is 66.4 Å². The lowest BCUT2D eigenvalue weighted by atomic mass is 10.2. The molecular formula is C22H21N3O5S2. The van der Waals surface area contributed by atoms with Crippen molar-refractivity contribution in [3.05, 3.63) is 65.2 Å². The zero-order chi connectivity index (χ0) is 22.9. The van der Waals surface area contributed by atoms with Crippen LogP contribution in [0.1, 0.15) is 6.92 Å². The number of hydrogen-bond acceptors (Lipinski definition) is 10. The van der Waals surface area contributed by atoms with Gasteiger partial charge in [-0.2, -0.15) is 5.10 Å². The molecule has 0 bridgehead atoms. The first-order valence-electron chi connectivity index (χ1n) is 9.59. The molecule has 10 heteroatoms. The lowest BCUT2D eigenvalue weighted by Gasteiger charge is -2.41. The summed E-state index contributed by atoms with van der Waals surface area (Å²) >= 11 is 2.49. The van der Waals surface area contributed by atoms with E-state index in [1.165, 1.54) is 37.7 Å². The standard InChI is InChI=1S/C22H21N3O5S2/c1-14-18(20(26)29-3)31-22(24(14)15-8-6-5-7-9-15)25(23-19(32-22)21(27)30-4)16-10-12-17(28-2)13-11-16/h5-13H,1-4H3. The van der Waals surface area contributed by atoms with E-state index >= 15 is 0 Å². The predicted molar refractivity (Wildman–Crippen MR) is 126 cm³/mol. The van der Waals surface area contributed by atoms with Gasteiger partial charge in [-0.15, -0.1) is 0 Å².